The minimum absolute atomic E-state index is 0.141. The Balaban J connectivity index is 1.52. The van der Waals surface area contributed by atoms with Gasteiger partial charge in [0, 0.05) is 24.1 Å². The van der Waals surface area contributed by atoms with Gasteiger partial charge in [0.05, 0.1) is 6.54 Å². The Morgan fingerprint density at radius 3 is 2.50 bits per heavy atom. The van der Waals surface area contributed by atoms with Gasteiger partial charge in [0.25, 0.3) is 0 Å². The van der Waals surface area contributed by atoms with Crippen LogP contribution in [0.3, 0.4) is 0 Å². The van der Waals surface area contributed by atoms with Gasteiger partial charge in [-0.2, -0.15) is 0 Å². The van der Waals surface area contributed by atoms with E-state index in [1.165, 1.54) is 12.1 Å². The molecule has 132 valence electrons. The van der Waals surface area contributed by atoms with Crippen molar-refractivity contribution in [3.63, 3.8) is 0 Å². The van der Waals surface area contributed by atoms with Gasteiger partial charge in [-0.1, -0.05) is 35.5 Å². The minimum Gasteiger partial charge on any atom is -0.356 e. The molecule has 2 aromatic carbocycles. The van der Waals surface area contributed by atoms with Gasteiger partial charge >= 0.3 is 0 Å². The van der Waals surface area contributed by atoms with E-state index >= 15 is 0 Å². The monoisotopic (exact) mass is 350 g/mol. The van der Waals surface area contributed by atoms with Gasteiger partial charge in [0.2, 0.25) is 5.91 Å². The Hall–Kier alpha value is -2.95. The van der Waals surface area contributed by atoms with Gasteiger partial charge in [0.15, 0.2) is 5.76 Å². The predicted octanol–water partition coefficient (Wildman–Crippen LogP) is 4.42. The molecule has 26 heavy (non-hydrogen) atoms. The molecule has 4 nitrogen and oxygen atoms in total. The maximum atomic E-state index is 13.1. The van der Waals surface area contributed by atoms with Crippen molar-refractivity contribution in [3.8, 4) is 11.3 Å². The second-order valence-corrected chi connectivity index (χ2v) is 6.64. The van der Waals surface area contributed by atoms with Crippen LogP contribution in [0.1, 0.15) is 24.1 Å². The van der Waals surface area contributed by atoms with Gasteiger partial charge in [-0.3, -0.25) is 4.79 Å². The molecule has 0 atom stereocenters. The van der Waals surface area contributed by atoms with E-state index in [0.717, 1.165) is 24.0 Å². The Bertz CT molecular complexity index is 886. The average Bonchev–Trinajstić information content (AvgIpc) is 3.41. The molecule has 0 aliphatic heterocycles. The summed E-state index contributed by atoms with van der Waals surface area (Å²) < 4.78 is 18.5. The van der Waals surface area contributed by atoms with Crippen LogP contribution in [0, 0.1) is 11.7 Å². The van der Waals surface area contributed by atoms with Gasteiger partial charge in [-0.15, -0.1) is 0 Å². The smallest absolute Gasteiger partial charge is 0.226 e. The quantitative estimate of drug-likeness (QED) is 0.661. The first kappa shape index (κ1) is 16.5. The molecule has 1 aliphatic carbocycles. The van der Waals surface area contributed by atoms with Crippen molar-refractivity contribution in [2.24, 2.45) is 5.92 Å². The van der Waals surface area contributed by atoms with Gasteiger partial charge in [-0.05, 0) is 42.7 Å². The fourth-order valence-electron chi connectivity index (χ4n) is 2.94. The molecule has 4 rings (SSSR count). The number of halogens is 1. The lowest BCUT2D eigenvalue weighted by molar-refractivity contribution is -0.133. The molecule has 0 unspecified atom stereocenters. The van der Waals surface area contributed by atoms with Crippen molar-refractivity contribution in [1.29, 1.82) is 0 Å². The minimum atomic E-state index is -0.294. The van der Waals surface area contributed by atoms with Gasteiger partial charge in [-0.25, -0.2) is 4.39 Å². The summed E-state index contributed by atoms with van der Waals surface area (Å²) in [4.78, 5) is 14.5. The maximum Gasteiger partial charge on any atom is 0.226 e. The van der Waals surface area contributed by atoms with Crippen LogP contribution in [0.4, 0.5) is 4.39 Å². The number of benzene rings is 2. The van der Waals surface area contributed by atoms with Crippen molar-refractivity contribution in [2.45, 2.75) is 25.9 Å². The summed E-state index contributed by atoms with van der Waals surface area (Å²) in [6.45, 7) is 0.948. The van der Waals surface area contributed by atoms with E-state index < -0.39 is 0 Å². The standard InChI is InChI=1S/C21H19FN2O2/c22-18-10-8-16(9-11-18)20-12-19(23-26-20)14-24(21(25)17-6-7-17)13-15-4-2-1-3-5-15/h1-5,8-12,17H,6-7,13-14H2. The molecule has 0 radical (unpaired) electrons. The van der Waals surface area contributed by atoms with Crippen LogP contribution in [0.5, 0.6) is 0 Å². The van der Waals surface area contributed by atoms with Crippen LogP contribution in [0.15, 0.2) is 65.2 Å². The van der Waals surface area contributed by atoms with Crippen molar-refractivity contribution in [3.05, 3.63) is 77.7 Å². The molecular weight excluding hydrogens is 331 g/mol. The summed E-state index contributed by atoms with van der Waals surface area (Å²) in [5, 5.41) is 4.10. The molecule has 1 fully saturated rings. The lowest BCUT2D eigenvalue weighted by Crippen LogP contribution is -2.31. The van der Waals surface area contributed by atoms with E-state index in [-0.39, 0.29) is 17.6 Å². The number of hydrogen-bond acceptors (Lipinski definition) is 3. The molecular formula is C21H19FN2O2. The number of amides is 1. The maximum absolute atomic E-state index is 13.1. The van der Waals surface area contributed by atoms with E-state index in [4.69, 9.17) is 4.52 Å². The topological polar surface area (TPSA) is 46.3 Å². The van der Waals surface area contributed by atoms with Crippen molar-refractivity contribution in [2.75, 3.05) is 0 Å². The molecule has 0 bridgehead atoms. The third-order valence-electron chi connectivity index (χ3n) is 4.50. The van der Waals surface area contributed by atoms with E-state index in [2.05, 4.69) is 5.16 Å². The van der Waals surface area contributed by atoms with Crippen LogP contribution >= 0.6 is 0 Å². The summed E-state index contributed by atoms with van der Waals surface area (Å²) in [5.41, 5.74) is 2.53. The zero-order valence-electron chi connectivity index (χ0n) is 14.3. The van der Waals surface area contributed by atoms with E-state index in [1.807, 2.05) is 41.3 Å². The Morgan fingerprint density at radius 1 is 1.08 bits per heavy atom. The third-order valence-corrected chi connectivity index (χ3v) is 4.50. The highest BCUT2D eigenvalue weighted by Crippen LogP contribution is 2.32. The van der Waals surface area contributed by atoms with E-state index in [9.17, 15) is 9.18 Å². The molecule has 1 aliphatic rings. The predicted molar refractivity (Wildman–Crippen MR) is 95.3 cm³/mol. The normalized spacial score (nSPS) is 13.6. The summed E-state index contributed by atoms with van der Waals surface area (Å²) in [6.07, 6.45) is 1.92. The van der Waals surface area contributed by atoms with E-state index in [0.29, 0.717) is 24.5 Å². The highest BCUT2D eigenvalue weighted by Gasteiger charge is 2.33. The molecule has 1 heterocycles. The molecule has 0 saturated heterocycles. The van der Waals surface area contributed by atoms with Crippen LogP contribution < -0.4 is 0 Å². The van der Waals surface area contributed by atoms with Crippen molar-refractivity contribution >= 4 is 5.91 Å². The second kappa shape index (κ2) is 7.12. The molecule has 0 N–H and O–H groups in total. The molecule has 1 aromatic heterocycles. The first-order valence-corrected chi connectivity index (χ1v) is 8.73. The van der Waals surface area contributed by atoms with Gasteiger partial charge < -0.3 is 9.42 Å². The fourth-order valence-corrected chi connectivity index (χ4v) is 2.94. The zero-order chi connectivity index (χ0) is 17.9. The van der Waals surface area contributed by atoms with Crippen LogP contribution in [-0.2, 0) is 17.9 Å². The summed E-state index contributed by atoms with van der Waals surface area (Å²) in [7, 11) is 0. The molecule has 0 spiro atoms. The Labute approximate surface area is 151 Å². The summed E-state index contributed by atoms with van der Waals surface area (Å²) in [5.74, 6) is 0.582. The first-order chi connectivity index (χ1) is 12.7. The molecule has 5 heteroatoms. The summed E-state index contributed by atoms with van der Waals surface area (Å²) in [6, 6.07) is 17.8. The fraction of sp³-hybridized carbons (Fsp3) is 0.238. The number of nitrogens with zero attached hydrogens (tertiary/aromatic N) is 2. The van der Waals surface area contributed by atoms with Crippen LogP contribution in [-0.4, -0.2) is 16.0 Å². The zero-order valence-corrected chi connectivity index (χ0v) is 14.3. The highest BCUT2D eigenvalue weighted by atomic mass is 19.1. The number of aromatic nitrogens is 1. The third kappa shape index (κ3) is 3.82. The largest absolute Gasteiger partial charge is 0.356 e. The molecule has 1 saturated carbocycles. The van der Waals surface area contributed by atoms with Crippen molar-refractivity contribution in [1.82, 2.24) is 10.1 Å². The SMILES string of the molecule is O=C(C1CC1)N(Cc1ccccc1)Cc1cc(-c2ccc(F)cc2)on1. The number of carbonyl (C=O) groups is 1. The average molecular weight is 350 g/mol. The first-order valence-electron chi connectivity index (χ1n) is 8.73. The molecule has 3 aromatic rings. The Morgan fingerprint density at radius 2 is 1.81 bits per heavy atom. The Kier molecular flexibility index (Phi) is 4.52. The molecule has 1 amide bonds. The van der Waals surface area contributed by atoms with Crippen LogP contribution in [0.2, 0.25) is 0 Å². The lowest BCUT2D eigenvalue weighted by Gasteiger charge is -2.21. The second-order valence-electron chi connectivity index (χ2n) is 6.64. The van der Waals surface area contributed by atoms with Crippen LogP contribution in [0.25, 0.3) is 11.3 Å². The summed E-state index contributed by atoms with van der Waals surface area (Å²) >= 11 is 0. The number of rotatable bonds is 6. The van der Waals surface area contributed by atoms with E-state index in [1.54, 1.807) is 12.1 Å². The van der Waals surface area contributed by atoms with Crippen molar-refractivity contribution < 1.29 is 13.7 Å². The highest BCUT2D eigenvalue weighted by molar-refractivity contribution is 5.81. The number of carbonyl (C=O) groups excluding carboxylic acids is 1. The number of hydrogen-bond donors (Lipinski definition) is 0. The lowest BCUT2D eigenvalue weighted by atomic mass is 10.1. The van der Waals surface area contributed by atoms with Gasteiger partial charge in [0.1, 0.15) is 11.5 Å².